The van der Waals surface area contributed by atoms with Gasteiger partial charge in [0.25, 0.3) is 5.91 Å². The fourth-order valence-corrected chi connectivity index (χ4v) is 3.25. The predicted molar refractivity (Wildman–Crippen MR) is 101 cm³/mol. The van der Waals surface area contributed by atoms with Crippen LogP contribution in [-0.2, 0) is 14.8 Å². The Morgan fingerprint density at radius 1 is 1.07 bits per heavy atom. The number of ether oxygens (including phenoxy) is 1. The second-order valence-corrected chi connectivity index (χ2v) is 8.00. The largest absolute Gasteiger partial charge is 0.467 e. The summed E-state index contributed by atoms with van der Waals surface area (Å²) in [6, 6.07) is 13.2. The van der Waals surface area contributed by atoms with Gasteiger partial charge in [-0.05, 0) is 36.4 Å². The van der Waals surface area contributed by atoms with Crippen LogP contribution in [0, 0.1) is 0 Å². The van der Waals surface area contributed by atoms with E-state index in [1.165, 1.54) is 44.7 Å². The number of carbonyl (C=O) groups is 1. The highest BCUT2D eigenvalue weighted by molar-refractivity contribution is 7.89. The summed E-state index contributed by atoms with van der Waals surface area (Å²) in [5, 5.41) is 3.37. The first-order chi connectivity index (χ1) is 12.9. The van der Waals surface area contributed by atoms with Crippen LogP contribution in [0.2, 0.25) is 0 Å². The molecular weight excluding hydrogens is 368 g/mol. The number of sulfonamides is 1. The van der Waals surface area contributed by atoms with E-state index in [2.05, 4.69) is 15.3 Å². The fourth-order valence-electron chi connectivity index (χ4n) is 2.35. The van der Waals surface area contributed by atoms with Crippen LogP contribution < -0.4 is 10.1 Å². The van der Waals surface area contributed by atoms with Crippen molar-refractivity contribution in [2.24, 2.45) is 0 Å². The van der Waals surface area contributed by atoms with Gasteiger partial charge >= 0.3 is 0 Å². The van der Waals surface area contributed by atoms with Crippen molar-refractivity contribution in [2.45, 2.75) is 4.90 Å². The van der Waals surface area contributed by atoms with Crippen LogP contribution in [0.1, 0.15) is 0 Å². The maximum Gasteiger partial charge on any atom is 0.262 e. The topological polar surface area (TPSA) is 101 Å². The maximum atomic E-state index is 12.1. The molecule has 1 amide bonds. The lowest BCUT2D eigenvalue weighted by Gasteiger charge is -2.12. The molecule has 3 rings (SSSR count). The Balaban J connectivity index is 1.64. The first-order valence-electron chi connectivity index (χ1n) is 8.03. The highest BCUT2D eigenvalue weighted by Gasteiger charge is 2.16. The van der Waals surface area contributed by atoms with E-state index >= 15 is 0 Å². The van der Waals surface area contributed by atoms with Gasteiger partial charge in [0.1, 0.15) is 6.33 Å². The van der Waals surface area contributed by atoms with Crippen molar-refractivity contribution < 1.29 is 17.9 Å². The first kappa shape index (κ1) is 18.7. The number of nitrogens with zero attached hydrogens (tertiary/aromatic N) is 3. The van der Waals surface area contributed by atoms with Crippen molar-refractivity contribution in [2.75, 3.05) is 26.0 Å². The number of hydrogen-bond donors (Lipinski definition) is 1. The van der Waals surface area contributed by atoms with E-state index in [1.54, 1.807) is 0 Å². The summed E-state index contributed by atoms with van der Waals surface area (Å²) in [7, 11) is -0.592. The molecule has 140 valence electrons. The summed E-state index contributed by atoms with van der Waals surface area (Å²) in [5.41, 5.74) is 1.19. The summed E-state index contributed by atoms with van der Waals surface area (Å²) in [5.74, 6) is -0.0657. The number of nitrogens with one attached hydrogen (secondary N) is 1. The van der Waals surface area contributed by atoms with Crippen LogP contribution in [0.15, 0.2) is 59.8 Å². The highest BCUT2D eigenvalue weighted by atomic mass is 32.2. The summed E-state index contributed by atoms with van der Waals surface area (Å²) >= 11 is 0. The SMILES string of the molecule is CN(C)S(=O)(=O)c1ccc(NC(=O)COc2ncnc3ccccc23)cc1. The molecule has 1 heterocycles. The van der Waals surface area contributed by atoms with E-state index in [-0.39, 0.29) is 17.4 Å². The number of aromatic nitrogens is 2. The number of para-hydroxylation sites is 1. The van der Waals surface area contributed by atoms with Crippen molar-refractivity contribution in [1.29, 1.82) is 0 Å². The van der Waals surface area contributed by atoms with Gasteiger partial charge in [0, 0.05) is 19.8 Å². The minimum Gasteiger partial charge on any atom is -0.467 e. The molecule has 1 aromatic heterocycles. The Morgan fingerprint density at radius 3 is 2.48 bits per heavy atom. The molecule has 0 aliphatic heterocycles. The molecule has 27 heavy (non-hydrogen) atoms. The molecule has 2 aromatic carbocycles. The Morgan fingerprint density at radius 2 is 1.78 bits per heavy atom. The smallest absolute Gasteiger partial charge is 0.262 e. The monoisotopic (exact) mass is 386 g/mol. The number of benzene rings is 2. The molecule has 0 aliphatic rings. The standard InChI is InChI=1S/C18H18N4O4S/c1-22(2)27(24,25)14-9-7-13(8-10-14)21-17(23)11-26-18-15-5-3-4-6-16(15)19-12-20-18/h3-10,12H,11H2,1-2H3,(H,21,23). The molecule has 0 unspecified atom stereocenters. The van der Waals surface area contributed by atoms with Gasteiger partial charge in [0.05, 0.1) is 15.8 Å². The number of rotatable bonds is 6. The zero-order chi connectivity index (χ0) is 19.4. The lowest BCUT2D eigenvalue weighted by molar-refractivity contribution is -0.118. The van der Waals surface area contributed by atoms with E-state index in [0.29, 0.717) is 17.0 Å². The maximum absolute atomic E-state index is 12.1. The highest BCUT2D eigenvalue weighted by Crippen LogP contribution is 2.20. The molecule has 0 spiro atoms. The van der Waals surface area contributed by atoms with Crippen molar-refractivity contribution in [3.63, 3.8) is 0 Å². The van der Waals surface area contributed by atoms with Crippen molar-refractivity contribution in [3.8, 4) is 5.88 Å². The Bertz CT molecular complexity index is 1060. The third kappa shape index (κ3) is 4.21. The van der Waals surface area contributed by atoms with Gasteiger partial charge in [-0.1, -0.05) is 12.1 Å². The van der Waals surface area contributed by atoms with Crippen LogP contribution in [0.4, 0.5) is 5.69 Å². The van der Waals surface area contributed by atoms with E-state index in [4.69, 9.17) is 4.74 Å². The molecule has 0 radical (unpaired) electrons. The number of carbonyl (C=O) groups excluding carboxylic acids is 1. The fraction of sp³-hybridized carbons (Fsp3) is 0.167. The molecule has 0 fully saturated rings. The summed E-state index contributed by atoms with van der Waals surface area (Å²) in [4.78, 5) is 20.4. The van der Waals surface area contributed by atoms with Crippen LogP contribution in [0.5, 0.6) is 5.88 Å². The lowest BCUT2D eigenvalue weighted by Crippen LogP contribution is -2.22. The van der Waals surface area contributed by atoms with Crippen molar-refractivity contribution in [1.82, 2.24) is 14.3 Å². The van der Waals surface area contributed by atoms with Crippen LogP contribution in [0.25, 0.3) is 10.9 Å². The number of anilines is 1. The molecule has 8 nitrogen and oxygen atoms in total. The van der Waals surface area contributed by atoms with Gasteiger partial charge < -0.3 is 10.1 Å². The minimum absolute atomic E-state index is 0.147. The van der Waals surface area contributed by atoms with Gasteiger partial charge in [-0.25, -0.2) is 22.7 Å². The second-order valence-electron chi connectivity index (χ2n) is 5.84. The van der Waals surface area contributed by atoms with Gasteiger partial charge in [-0.2, -0.15) is 0 Å². The molecule has 1 N–H and O–H groups in total. The summed E-state index contributed by atoms with van der Waals surface area (Å²) in [6.07, 6.45) is 1.37. The predicted octanol–water partition coefficient (Wildman–Crippen LogP) is 1.90. The molecule has 0 saturated heterocycles. The van der Waals surface area contributed by atoms with E-state index < -0.39 is 10.0 Å². The van der Waals surface area contributed by atoms with Gasteiger partial charge in [-0.15, -0.1) is 0 Å². The van der Waals surface area contributed by atoms with E-state index in [0.717, 1.165) is 9.82 Å². The first-order valence-corrected chi connectivity index (χ1v) is 9.47. The number of hydrogen-bond acceptors (Lipinski definition) is 6. The molecular formula is C18H18N4O4S. The van der Waals surface area contributed by atoms with Gasteiger partial charge in [0.15, 0.2) is 6.61 Å². The number of fused-ring (bicyclic) bond motifs is 1. The van der Waals surface area contributed by atoms with Gasteiger partial charge in [0.2, 0.25) is 15.9 Å². The average molecular weight is 386 g/mol. The molecule has 3 aromatic rings. The van der Waals surface area contributed by atoms with E-state index in [9.17, 15) is 13.2 Å². The van der Waals surface area contributed by atoms with Crippen molar-refractivity contribution in [3.05, 3.63) is 54.9 Å². The van der Waals surface area contributed by atoms with E-state index in [1.807, 2.05) is 24.3 Å². The Kier molecular flexibility index (Phi) is 5.33. The second kappa shape index (κ2) is 7.68. The molecule has 0 saturated carbocycles. The third-order valence-electron chi connectivity index (χ3n) is 3.76. The van der Waals surface area contributed by atoms with Crippen LogP contribution in [0.3, 0.4) is 0 Å². The minimum atomic E-state index is -3.51. The Labute approximate surface area is 156 Å². The van der Waals surface area contributed by atoms with Crippen LogP contribution >= 0.6 is 0 Å². The molecule has 0 bridgehead atoms. The van der Waals surface area contributed by atoms with Gasteiger partial charge in [-0.3, -0.25) is 4.79 Å². The van der Waals surface area contributed by atoms with Crippen LogP contribution in [-0.4, -0.2) is 49.3 Å². The third-order valence-corrected chi connectivity index (χ3v) is 5.59. The summed E-state index contributed by atoms with van der Waals surface area (Å²) < 4.78 is 30.7. The molecule has 0 atom stereocenters. The van der Waals surface area contributed by atoms with Crippen molar-refractivity contribution >= 4 is 32.5 Å². The molecule has 9 heteroatoms. The Hall–Kier alpha value is -3.04. The number of amides is 1. The average Bonchev–Trinajstić information content (AvgIpc) is 2.66. The normalized spacial score (nSPS) is 11.5. The lowest BCUT2D eigenvalue weighted by atomic mass is 10.2. The summed E-state index contributed by atoms with van der Waals surface area (Å²) in [6.45, 7) is -0.237. The molecule has 0 aliphatic carbocycles. The zero-order valence-corrected chi connectivity index (χ0v) is 15.6. The zero-order valence-electron chi connectivity index (χ0n) is 14.8. The quantitative estimate of drug-likeness (QED) is 0.694.